The van der Waals surface area contributed by atoms with Crippen molar-refractivity contribution in [2.45, 2.75) is 40.0 Å². The van der Waals surface area contributed by atoms with E-state index in [0.717, 1.165) is 30.8 Å². The minimum atomic E-state index is -0.0578. The van der Waals surface area contributed by atoms with Gasteiger partial charge in [-0.1, -0.05) is 26.0 Å². The fourth-order valence-corrected chi connectivity index (χ4v) is 3.68. The van der Waals surface area contributed by atoms with E-state index in [1.54, 1.807) is 0 Å². The summed E-state index contributed by atoms with van der Waals surface area (Å²) in [4.78, 5) is 27.0. The Balaban J connectivity index is 1.83. The lowest BCUT2D eigenvalue weighted by molar-refractivity contribution is -0.126. The van der Waals surface area contributed by atoms with E-state index < -0.39 is 0 Å². The number of aryl methyl sites for hydroxylation is 1. The van der Waals surface area contributed by atoms with Gasteiger partial charge in [-0.15, -0.1) is 0 Å². The van der Waals surface area contributed by atoms with Crippen LogP contribution >= 0.6 is 0 Å². The number of amides is 2. The van der Waals surface area contributed by atoms with E-state index in [1.165, 1.54) is 5.01 Å². The predicted octanol–water partition coefficient (Wildman–Crippen LogP) is 2.98. The number of hydrogen-bond donors (Lipinski definition) is 0. The lowest BCUT2D eigenvalue weighted by Crippen LogP contribution is -2.47. The molecule has 3 rings (SSSR count). The maximum Gasteiger partial charge on any atom is 0.270 e. The quantitative estimate of drug-likeness (QED) is 0.838. The van der Waals surface area contributed by atoms with Crippen molar-refractivity contribution >= 4 is 23.2 Å². The first-order valence-electron chi connectivity index (χ1n) is 8.70. The SMILES string of the molecule is Cc1cccc(N2N=C(C(=O)N3C[C@H](C)C[C@H](C)C3)CCC2=O)c1. The zero-order valence-electron chi connectivity index (χ0n) is 14.7. The van der Waals surface area contributed by atoms with Gasteiger partial charge in [0.1, 0.15) is 5.71 Å². The van der Waals surface area contributed by atoms with Gasteiger partial charge in [0, 0.05) is 25.9 Å². The number of hydrogen-bond acceptors (Lipinski definition) is 3. The van der Waals surface area contributed by atoms with Crippen molar-refractivity contribution in [2.24, 2.45) is 16.9 Å². The average molecular weight is 327 g/mol. The fraction of sp³-hybridized carbons (Fsp3) is 0.526. The van der Waals surface area contributed by atoms with Crippen molar-refractivity contribution in [3.8, 4) is 0 Å². The molecule has 1 saturated heterocycles. The number of piperidine rings is 1. The van der Waals surface area contributed by atoms with Gasteiger partial charge >= 0.3 is 0 Å². The van der Waals surface area contributed by atoms with Crippen LogP contribution < -0.4 is 5.01 Å². The molecule has 0 N–H and O–H groups in total. The van der Waals surface area contributed by atoms with Crippen LogP contribution in [0.5, 0.6) is 0 Å². The number of likely N-dealkylation sites (tertiary alicyclic amines) is 1. The molecular weight excluding hydrogens is 302 g/mol. The third-order valence-electron chi connectivity index (χ3n) is 4.68. The largest absolute Gasteiger partial charge is 0.337 e. The monoisotopic (exact) mass is 327 g/mol. The molecule has 2 amide bonds. The van der Waals surface area contributed by atoms with Crippen LogP contribution in [0.15, 0.2) is 29.4 Å². The standard InChI is InChI=1S/C19H25N3O2/c1-13-5-4-6-16(10-13)22-18(23)8-7-17(20-22)19(24)21-11-14(2)9-15(3)12-21/h4-6,10,14-15H,7-9,11-12H2,1-3H3/t14-,15+. The molecule has 5 heteroatoms. The van der Waals surface area contributed by atoms with Gasteiger partial charge in [-0.05, 0) is 42.9 Å². The third kappa shape index (κ3) is 3.50. The second-order valence-electron chi connectivity index (χ2n) is 7.25. The summed E-state index contributed by atoms with van der Waals surface area (Å²) in [6.07, 6.45) is 1.92. The molecule has 1 aromatic carbocycles. The van der Waals surface area contributed by atoms with Gasteiger partial charge in [0.05, 0.1) is 5.69 Å². The van der Waals surface area contributed by atoms with E-state index in [2.05, 4.69) is 18.9 Å². The number of nitrogens with zero attached hydrogens (tertiary/aromatic N) is 3. The maximum absolute atomic E-state index is 12.9. The van der Waals surface area contributed by atoms with Crippen molar-refractivity contribution in [1.82, 2.24) is 4.90 Å². The molecule has 0 radical (unpaired) electrons. The Hall–Kier alpha value is -2.17. The zero-order valence-corrected chi connectivity index (χ0v) is 14.7. The molecule has 0 aliphatic carbocycles. The average Bonchev–Trinajstić information content (AvgIpc) is 2.53. The first-order chi connectivity index (χ1) is 11.4. The molecule has 2 aliphatic heterocycles. The van der Waals surface area contributed by atoms with E-state index in [1.807, 2.05) is 36.1 Å². The molecule has 0 unspecified atom stereocenters. The normalized spacial score (nSPS) is 24.8. The van der Waals surface area contributed by atoms with Gasteiger partial charge < -0.3 is 4.90 Å². The van der Waals surface area contributed by atoms with Crippen LogP contribution in [-0.2, 0) is 9.59 Å². The Morgan fingerprint density at radius 1 is 1.17 bits per heavy atom. The Kier molecular flexibility index (Phi) is 4.69. The number of hydrazone groups is 1. The summed E-state index contributed by atoms with van der Waals surface area (Å²) >= 11 is 0. The summed E-state index contributed by atoms with van der Waals surface area (Å²) < 4.78 is 0. The zero-order chi connectivity index (χ0) is 17.3. The van der Waals surface area contributed by atoms with E-state index in [-0.39, 0.29) is 11.8 Å². The second-order valence-corrected chi connectivity index (χ2v) is 7.25. The molecule has 0 aromatic heterocycles. The smallest absolute Gasteiger partial charge is 0.270 e. The number of anilines is 1. The minimum absolute atomic E-state index is 0.0152. The van der Waals surface area contributed by atoms with Crippen molar-refractivity contribution in [2.75, 3.05) is 18.1 Å². The van der Waals surface area contributed by atoms with Gasteiger partial charge in [-0.25, -0.2) is 5.01 Å². The Morgan fingerprint density at radius 3 is 2.54 bits per heavy atom. The van der Waals surface area contributed by atoms with Crippen molar-refractivity contribution < 1.29 is 9.59 Å². The molecule has 2 heterocycles. The maximum atomic E-state index is 12.9. The topological polar surface area (TPSA) is 53.0 Å². The van der Waals surface area contributed by atoms with Gasteiger partial charge in [-0.3, -0.25) is 9.59 Å². The highest BCUT2D eigenvalue weighted by atomic mass is 16.2. The van der Waals surface area contributed by atoms with Crippen LogP contribution in [-0.4, -0.2) is 35.5 Å². The highest BCUT2D eigenvalue weighted by Crippen LogP contribution is 2.24. The van der Waals surface area contributed by atoms with Crippen LogP contribution in [0.2, 0.25) is 0 Å². The molecule has 2 aliphatic rings. The molecule has 5 nitrogen and oxygen atoms in total. The molecule has 0 spiro atoms. The van der Waals surface area contributed by atoms with Gasteiger partial charge in [0.15, 0.2) is 0 Å². The molecule has 1 fully saturated rings. The highest BCUT2D eigenvalue weighted by Gasteiger charge is 2.31. The molecule has 1 aromatic rings. The van der Waals surface area contributed by atoms with Crippen molar-refractivity contribution in [3.05, 3.63) is 29.8 Å². The van der Waals surface area contributed by atoms with Crippen LogP contribution in [0.25, 0.3) is 0 Å². The number of carbonyl (C=O) groups is 2. The Bertz CT molecular complexity index is 673. The Morgan fingerprint density at radius 2 is 1.88 bits per heavy atom. The summed E-state index contributed by atoms with van der Waals surface area (Å²) in [7, 11) is 0. The van der Waals surface area contributed by atoms with Crippen molar-refractivity contribution in [3.63, 3.8) is 0 Å². The number of carbonyl (C=O) groups excluding carboxylic acids is 2. The predicted molar refractivity (Wildman–Crippen MR) is 94.9 cm³/mol. The third-order valence-corrected chi connectivity index (χ3v) is 4.68. The molecule has 24 heavy (non-hydrogen) atoms. The highest BCUT2D eigenvalue weighted by molar-refractivity contribution is 6.40. The van der Waals surface area contributed by atoms with Crippen molar-refractivity contribution in [1.29, 1.82) is 0 Å². The van der Waals surface area contributed by atoms with E-state index >= 15 is 0 Å². The molecular formula is C19H25N3O2. The summed E-state index contributed by atoms with van der Waals surface area (Å²) in [6, 6.07) is 7.65. The van der Waals surface area contributed by atoms with Gasteiger partial charge in [0.25, 0.3) is 5.91 Å². The second kappa shape index (κ2) is 6.75. The van der Waals surface area contributed by atoms with E-state index in [9.17, 15) is 9.59 Å². The first kappa shape index (κ1) is 16.7. The van der Waals surface area contributed by atoms with E-state index in [0.29, 0.717) is 30.4 Å². The summed E-state index contributed by atoms with van der Waals surface area (Å²) in [6.45, 7) is 7.90. The Labute approximate surface area is 143 Å². The fourth-order valence-electron chi connectivity index (χ4n) is 3.68. The van der Waals surface area contributed by atoms with Crippen LogP contribution in [0, 0.1) is 18.8 Å². The molecule has 0 bridgehead atoms. The molecule has 0 saturated carbocycles. The van der Waals surface area contributed by atoms with Crippen LogP contribution in [0.3, 0.4) is 0 Å². The van der Waals surface area contributed by atoms with Crippen LogP contribution in [0.1, 0.15) is 38.7 Å². The van der Waals surface area contributed by atoms with Gasteiger partial charge in [-0.2, -0.15) is 5.10 Å². The lowest BCUT2D eigenvalue weighted by Gasteiger charge is -2.36. The van der Waals surface area contributed by atoms with Crippen LogP contribution in [0.4, 0.5) is 5.69 Å². The first-order valence-corrected chi connectivity index (χ1v) is 8.70. The molecule has 2 atom stereocenters. The van der Waals surface area contributed by atoms with E-state index in [4.69, 9.17) is 0 Å². The lowest BCUT2D eigenvalue weighted by atomic mass is 9.91. The number of benzene rings is 1. The molecule has 128 valence electrons. The summed E-state index contributed by atoms with van der Waals surface area (Å²) in [5.41, 5.74) is 2.29. The summed E-state index contributed by atoms with van der Waals surface area (Å²) in [5.74, 6) is 0.948. The number of rotatable bonds is 2. The minimum Gasteiger partial charge on any atom is -0.337 e. The summed E-state index contributed by atoms with van der Waals surface area (Å²) in [5, 5.41) is 5.80. The van der Waals surface area contributed by atoms with Gasteiger partial charge in [0.2, 0.25) is 5.91 Å².